The highest BCUT2D eigenvalue weighted by Gasteiger charge is 2.64. The molecule has 5 aliphatic rings. The Morgan fingerprint density at radius 2 is 1.82 bits per heavy atom. The third-order valence-electron chi connectivity index (χ3n) is 14.4. The van der Waals surface area contributed by atoms with Crippen molar-refractivity contribution in [2.24, 2.45) is 23.7 Å². The summed E-state index contributed by atoms with van der Waals surface area (Å²) < 4.78 is 29.5. The summed E-state index contributed by atoms with van der Waals surface area (Å²) in [6, 6.07) is 2.48. The minimum absolute atomic E-state index is 0.0163. The molecule has 4 bridgehead atoms. The van der Waals surface area contributed by atoms with Gasteiger partial charge in [-0.05, 0) is 76.5 Å². The third-order valence-corrected chi connectivity index (χ3v) is 16.0. The van der Waals surface area contributed by atoms with Crippen LogP contribution in [0.4, 0.5) is 10.5 Å². The summed E-state index contributed by atoms with van der Waals surface area (Å²) >= 11 is 8.04. The molecule has 4 heterocycles. The van der Waals surface area contributed by atoms with Crippen LogP contribution in [0.25, 0.3) is 0 Å². The van der Waals surface area contributed by atoms with Gasteiger partial charge in [-0.25, -0.2) is 9.59 Å². The molecule has 19 heteroatoms. The number of benzene rings is 1. The molecule has 6 rings (SSSR count). The first kappa shape index (κ1) is 52.7. The lowest BCUT2D eigenvalue weighted by Crippen LogP contribution is -2.60. The molecular weight excluding hydrogens is 918 g/mol. The second kappa shape index (κ2) is 22.4. The molecule has 1 saturated carbocycles. The van der Waals surface area contributed by atoms with Gasteiger partial charge in [-0.2, -0.15) is 0 Å². The molecule has 1 aromatic carbocycles. The fourth-order valence-corrected chi connectivity index (χ4v) is 11.1. The maximum atomic E-state index is 14.3. The van der Waals surface area contributed by atoms with Crippen molar-refractivity contribution < 1.29 is 59.0 Å². The summed E-state index contributed by atoms with van der Waals surface area (Å²) in [6.07, 6.45) is 5.10. The Labute approximate surface area is 410 Å². The zero-order valence-corrected chi connectivity index (χ0v) is 42.5. The topological polar surface area (TPSA) is 214 Å². The van der Waals surface area contributed by atoms with Gasteiger partial charge in [-0.3, -0.25) is 34.2 Å². The first-order valence-electron chi connectivity index (χ1n) is 24.1. The van der Waals surface area contributed by atoms with E-state index >= 15 is 0 Å². The maximum Gasteiger partial charge on any atom is 0.409 e. The SMILES string of the molecule is CNC(=O)C1CCC(CN2C(=O)CC(SCCC(=O)N(C)[C@H](C)C(=O)O[C@H]3CC(=O)N(C)c4cc(cc(OC)c4Cl)C/C(C)=C/C=C/[C@@H](C)[C@@]4(O)C[C@H](OC(=O)N4)[C@@H](C)[C@@H]4O[C@@]34C)C2=O)CC1.[2H]C. The van der Waals surface area contributed by atoms with Gasteiger partial charge >= 0.3 is 12.1 Å². The zero-order valence-electron chi connectivity index (χ0n) is 41.9. The van der Waals surface area contributed by atoms with E-state index in [1.54, 1.807) is 53.1 Å². The number of ether oxygens (including phenoxy) is 4. The highest BCUT2D eigenvalue weighted by molar-refractivity contribution is 8.00. The standard InChI is InChI=1S/C48H66ClN5O12S.CH4/c1-26-11-10-12-27(2)48(62)24-35(64-46(61)51-48)28(3)42-47(5,66-42)37(23-39(56)53(8)33-20-31(19-26)21-34(63-9)41(33)49)65-45(60)29(4)52(7)38(55)17-18-67-36-22-40(57)54(44(36)59)25-30-13-15-32(16-14-30)43(58)50-6;/h10-12,20-21,27-30,32,35-37,42,62H,13-19,22-25H2,1-9H3,(H,50,58)(H,51,61);1H4/b12-10+,26-11+;/t27-,28-,29-,30?,32?,35+,36?,37+,42+,47+,48+;/m1./s1/i;1D. The van der Waals surface area contributed by atoms with Gasteiger partial charge in [-0.15, -0.1) is 11.8 Å². The molecule has 6 amide bonds. The number of hydrogen-bond acceptors (Lipinski definition) is 13. The summed E-state index contributed by atoms with van der Waals surface area (Å²) in [5.74, 6) is -2.56. The molecule has 68 heavy (non-hydrogen) atoms. The predicted molar refractivity (Wildman–Crippen MR) is 258 cm³/mol. The van der Waals surface area contributed by atoms with Crippen LogP contribution in [0.3, 0.4) is 0 Å². The minimum Gasteiger partial charge on any atom is -0.495 e. The molecule has 1 aliphatic carbocycles. The van der Waals surface area contributed by atoms with Crippen molar-refractivity contribution in [3.8, 4) is 5.75 Å². The molecule has 3 saturated heterocycles. The molecule has 9 atom stereocenters. The van der Waals surface area contributed by atoms with Crippen molar-refractivity contribution in [1.29, 1.82) is 0 Å². The number of thioether (sulfide) groups is 1. The van der Waals surface area contributed by atoms with Gasteiger partial charge in [0, 0.05) is 71.8 Å². The molecule has 4 fully saturated rings. The Hall–Kier alpha value is -4.65. The number of amides is 6. The number of esters is 1. The van der Waals surface area contributed by atoms with Crippen LogP contribution in [-0.2, 0) is 49.4 Å². The van der Waals surface area contributed by atoms with Crippen molar-refractivity contribution in [2.75, 3.05) is 45.5 Å². The van der Waals surface area contributed by atoms with Crippen LogP contribution in [0.2, 0.25) is 5.02 Å². The Balaban J connectivity index is 0.00000438. The number of fused-ring (bicyclic) bond motifs is 5. The second-order valence-electron chi connectivity index (χ2n) is 19.0. The smallest absolute Gasteiger partial charge is 0.409 e. The Morgan fingerprint density at radius 1 is 1.13 bits per heavy atom. The monoisotopic (exact) mass is 988 g/mol. The molecular formula is C49H70ClN5O12S. The van der Waals surface area contributed by atoms with E-state index in [4.69, 9.17) is 31.9 Å². The summed E-state index contributed by atoms with van der Waals surface area (Å²) in [4.78, 5) is 97.1. The van der Waals surface area contributed by atoms with E-state index in [0.29, 0.717) is 37.2 Å². The molecule has 1 unspecified atom stereocenters. The third kappa shape index (κ3) is 12.0. The molecule has 0 spiro atoms. The number of anilines is 1. The summed E-state index contributed by atoms with van der Waals surface area (Å²) in [5, 5.41) is 16.6. The van der Waals surface area contributed by atoms with Crippen molar-refractivity contribution >= 4 is 70.6 Å². The molecule has 17 nitrogen and oxygen atoms in total. The zero-order chi connectivity index (χ0) is 51.1. The van der Waals surface area contributed by atoms with Crippen molar-refractivity contribution in [1.82, 2.24) is 20.4 Å². The second-order valence-corrected chi connectivity index (χ2v) is 20.7. The molecule has 3 N–H and O–H groups in total. The number of likely N-dealkylation sites (N-methyl/N-ethyl adjacent to an activating group) is 1. The van der Waals surface area contributed by atoms with Crippen LogP contribution < -0.4 is 20.3 Å². The van der Waals surface area contributed by atoms with Crippen molar-refractivity contribution in [2.45, 2.75) is 141 Å². The van der Waals surface area contributed by atoms with Crippen LogP contribution >= 0.6 is 23.4 Å². The number of carbonyl (C=O) groups is 7. The lowest BCUT2D eigenvalue weighted by molar-refractivity contribution is -0.162. The largest absolute Gasteiger partial charge is 0.495 e. The average molecular weight is 990 g/mol. The number of hydrogen-bond donors (Lipinski definition) is 3. The van der Waals surface area contributed by atoms with E-state index in [2.05, 4.69) is 10.6 Å². The first-order chi connectivity index (χ1) is 32.6. The number of rotatable bonds is 11. The number of nitrogens with zero attached hydrogens (tertiary/aromatic N) is 3. The van der Waals surface area contributed by atoms with E-state index in [-0.39, 0.29) is 66.0 Å². The van der Waals surface area contributed by atoms with Crippen molar-refractivity contribution in [3.63, 3.8) is 0 Å². The first-order valence-corrected chi connectivity index (χ1v) is 24.5. The minimum atomic E-state index is -1.66. The van der Waals surface area contributed by atoms with Gasteiger partial charge in [0.05, 0.1) is 30.6 Å². The number of imide groups is 1. The van der Waals surface area contributed by atoms with Gasteiger partial charge in [-0.1, -0.05) is 56.7 Å². The number of aliphatic hydroxyl groups is 1. The van der Waals surface area contributed by atoms with Gasteiger partial charge in [0.15, 0.2) is 0 Å². The Morgan fingerprint density at radius 3 is 2.49 bits per heavy atom. The predicted octanol–water partition coefficient (Wildman–Crippen LogP) is 5.57. The number of likely N-dealkylation sites (tertiary alicyclic amines) is 1. The maximum absolute atomic E-state index is 14.3. The van der Waals surface area contributed by atoms with E-state index < -0.39 is 76.6 Å². The van der Waals surface area contributed by atoms with Gasteiger partial charge in [0.2, 0.25) is 29.5 Å². The van der Waals surface area contributed by atoms with Crippen LogP contribution in [0.1, 0.15) is 100 Å². The van der Waals surface area contributed by atoms with Gasteiger partial charge < -0.3 is 39.2 Å². The Kier molecular flexibility index (Phi) is 17.4. The number of halogens is 1. The quantitative estimate of drug-likeness (QED) is 0.141. The fourth-order valence-electron chi connectivity index (χ4n) is 9.63. The van der Waals surface area contributed by atoms with Gasteiger partial charge in [0.25, 0.3) is 0 Å². The van der Waals surface area contributed by atoms with E-state index in [1.807, 2.05) is 19.1 Å². The van der Waals surface area contributed by atoms with Crippen LogP contribution in [-0.4, -0.2) is 138 Å². The number of alkyl carbamates (subject to hydrolysis) is 1. The molecule has 376 valence electrons. The molecule has 0 aromatic heterocycles. The fraction of sp³-hybridized carbons (Fsp3) is 0.653. The molecule has 0 radical (unpaired) electrons. The highest BCUT2D eigenvalue weighted by atomic mass is 35.5. The van der Waals surface area contributed by atoms with Crippen LogP contribution in [0, 0.1) is 23.7 Å². The Bertz CT molecular complexity index is 2170. The number of carbonyl (C=O) groups excluding carboxylic acids is 7. The number of allylic oxidation sites excluding steroid dienone is 3. The summed E-state index contributed by atoms with van der Waals surface area (Å²) in [5.41, 5.74) is -0.796. The van der Waals surface area contributed by atoms with E-state index in [0.717, 1.165) is 24.0 Å². The lowest BCUT2D eigenvalue weighted by atomic mass is 9.81. The average Bonchev–Trinajstić information content (AvgIpc) is 3.96. The van der Waals surface area contributed by atoms with Crippen molar-refractivity contribution in [3.05, 3.63) is 46.5 Å². The van der Waals surface area contributed by atoms with E-state index in [9.17, 15) is 38.7 Å². The highest BCUT2D eigenvalue weighted by Crippen LogP contribution is 2.49. The number of methoxy groups -OCH3 is 1. The summed E-state index contributed by atoms with van der Waals surface area (Å²) in [7, 11) is 7.38. The summed E-state index contributed by atoms with van der Waals surface area (Å²) in [6.45, 7) is 9.08. The van der Waals surface area contributed by atoms with Crippen LogP contribution in [0.5, 0.6) is 5.75 Å². The number of epoxide rings is 1. The normalized spacial score (nSPS) is 32.6. The molecule has 1 aromatic rings. The van der Waals surface area contributed by atoms with Gasteiger partial charge in [0.1, 0.15) is 40.3 Å². The molecule has 4 aliphatic heterocycles. The lowest BCUT2D eigenvalue weighted by Gasteiger charge is -2.41. The van der Waals surface area contributed by atoms with E-state index in [1.165, 1.54) is 54.9 Å². The van der Waals surface area contributed by atoms with Crippen LogP contribution in [0.15, 0.2) is 35.9 Å². The number of nitrogens with one attached hydrogen (secondary N) is 2.